The normalized spacial score (nSPS) is 11.0. The van der Waals surface area contributed by atoms with Crippen molar-refractivity contribution in [3.63, 3.8) is 0 Å². The summed E-state index contributed by atoms with van der Waals surface area (Å²) in [5.74, 6) is 0.811. The van der Waals surface area contributed by atoms with E-state index in [2.05, 4.69) is 44.3 Å². The quantitative estimate of drug-likeness (QED) is 0.824. The van der Waals surface area contributed by atoms with Gasteiger partial charge in [-0.3, -0.25) is 0 Å². The van der Waals surface area contributed by atoms with Crippen LogP contribution in [0, 0.1) is 0 Å². The van der Waals surface area contributed by atoms with E-state index >= 15 is 0 Å². The van der Waals surface area contributed by atoms with Crippen molar-refractivity contribution in [3.8, 4) is 5.75 Å². The fourth-order valence-electron chi connectivity index (χ4n) is 2.03. The SMILES string of the molecule is COc1cccc(NC(=S)c2cccc(C(C)(C)C)c2)c1. The van der Waals surface area contributed by atoms with Crippen molar-refractivity contribution in [2.75, 3.05) is 12.4 Å². The Bertz CT molecular complexity index is 644. The standard InChI is InChI=1S/C18H21NOS/c1-18(2,3)14-8-5-7-13(11-14)17(21)19-15-9-6-10-16(12-15)20-4/h5-12H,1-4H3,(H,19,21). The Morgan fingerprint density at radius 3 is 2.43 bits per heavy atom. The Kier molecular flexibility index (Phi) is 4.63. The second-order valence-corrected chi connectivity index (χ2v) is 6.43. The summed E-state index contributed by atoms with van der Waals surface area (Å²) in [5, 5.41) is 3.26. The Balaban J connectivity index is 2.20. The van der Waals surface area contributed by atoms with Crippen LogP contribution in [-0.2, 0) is 5.41 Å². The number of hydrogen-bond donors (Lipinski definition) is 1. The number of rotatable bonds is 3. The van der Waals surface area contributed by atoms with Crippen molar-refractivity contribution in [2.24, 2.45) is 0 Å². The molecule has 2 aromatic carbocycles. The molecule has 21 heavy (non-hydrogen) atoms. The first kappa shape index (κ1) is 15.5. The van der Waals surface area contributed by atoms with Crippen molar-refractivity contribution in [3.05, 3.63) is 59.7 Å². The molecule has 0 fully saturated rings. The Morgan fingerprint density at radius 2 is 1.76 bits per heavy atom. The highest BCUT2D eigenvalue weighted by atomic mass is 32.1. The maximum Gasteiger partial charge on any atom is 0.120 e. The average Bonchev–Trinajstić information content (AvgIpc) is 2.46. The summed E-state index contributed by atoms with van der Waals surface area (Å²) in [4.78, 5) is 0.717. The van der Waals surface area contributed by atoms with E-state index < -0.39 is 0 Å². The lowest BCUT2D eigenvalue weighted by atomic mass is 9.86. The van der Waals surface area contributed by atoms with Gasteiger partial charge in [-0.05, 0) is 29.2 Å². The molecule has 0 amide bonds. The average molecular weight is 299 g/mol. The van der Waals surface area contributed by atoms with E-state index in [1.54, 1.807) is 7.11 Å². The van der Waals surface area contributed by atoms with E-state index in [0.29, 0.717) is 4.99 Å². The minimum Gasteiger partial charge on any atom is -0.497 e. The van der Waals surface area contributed by atoms with Crippen LogP contribution in [0.1, 0.15) is 31.9 Å². The third-order valence-corrected chi connectivity index (χ3v) is 3.66. The molecule has 2 aromatic rings. The zero-order valence-corrected chi connectivity index (χ0v) is 13.8. The van der Waals surface area contributed by atoms with Gasteiger partial charge in [0.1, 0.15) is 10.7 Å². The summed E-state index contributed by atoms with van der Waals surface area (Å²) in [7, 11) is 1.66. The molecule has 0 saturated carbocycles. The van der Waals surface area contributed by atoms with Gasteiger partial charge in [0.15, 0.2) is 0 Å². The van der Waals surface area contributed by atoms with Crippen molar-refractivity contribution in [2.45, 2.75) is 26.2 Å². The number of thiocarbonyl (C=S) groups is 1. The molecule has 0 unspecified atom stereocenters. The van der Waals surface area contributed by atoms with E-state index in [1.807, 2.05) is 30.3 Å². The van der Waals surface area contributed by atoms with E-state index in [4.69, 9.17) is 17.0 Å². The lowest BCUT2D eigenvalue weighted by Crippen LogP contribution is -2.15. The smallest absolute Gasteiger partial charge is 0.120 e. The number of nitrogens with one attached hydrogen (secondary N) is 1. The number of hydrogen-bond acceptors (Lipinski definition) is 2. The van der Waals surface area contributed by atoms with E-state index in [0.717, 1.165) is 17.0 Å². The van der Waals surface area contributed by atoms with Crippen LogP contribution in [0.3, 0.4) is 0 Å². The molecule has 1 N–H and O–H groups in total. The first-order valence-corrected chi connectivity index (χ1v) is 7.37. The molecule has 0 atom stereocenters. The van der Waals surface area contributed by atoms with Gasteiger partial charge in [0.05, 0.1) is 7.11 Å². The van der Waals surface area contributed by atoms with Gasteiger partial charge < -0.3 is 10.1 Å². The largest absolute Gasteiger partial charge is 0.497 e. The minimum atomic E-state index is 0.113. The van der Waals surface area contributed by atoms with Gasteiger partial charge in [0.2, 0.25) is 0 Å². The number of ether oxygens (including phenoxy) is 1. The fourth-order valence-corrected chi connectivity index (χ4v) is 2.28. The number of anilines is 1. The molecular weight excluding hydrogens is 278 g/mol. The molecule has 110 valence electrons. The van der Waals surface area contributed by atoms with Gasteiger partial charge in [0.25, 0.3) is 0 Å². The zero-order valence-electron chi connectivity index (χ0n) is 12.9. The van der Waals surface area contributed by atoms with Gasteiger partial charge >= 0.3 is 0 Å². The van der Waals surface area contributed by atoms with Crippen LogP contribution in [0.25, 0.3) is 0 Å². The second-order valence-electron chi connectivity index (χ2n) is 6.02. The molecule has 0 spiro atoms. The zero-order chi connectivity index (χ0) is 15.5. The predicted octanol–water partition coefficient (Wildman–Crippen LogP) is 4.78. The highest BCUT2D eigenvalue weighted by molar-refractivity contribution is 7.81. The molecule has 0 heterocycles. The molecule has 0 saturated heterocycles. The Hall–Kier alpha value is -1.87. The summed E-state index contributed by atoms with van der Waals surface area (Å²) in [6.07, 6.45) is 0. The molecular formula is C18H21NOS. The van der Waals surface area contributed by atoms with E-state index in [9.17, 15) is 0 Å². The topological polar surface area (TPSA) is 21.3 Å². The van der Waals surface area contributed by atoms with E-state index in [1.165, 1.54) is 5.56 Å². The first-order chi connectivity index (χ1) is 9.90. The first-order valence-electron chi connectivity index (χ1n) is 6.96. The molecule has 2 nitrogen and oxygen atoms in total. The lowest BCUT2D eigenvalue weighted by molar-refractivity contribution is 0.415. The maximum atomic E-state index is 5.51. The van der Waals surface area contributed by atoms with Crippen LogP contribution in [0.5, 0.6) is 5.75 Å². The van der Waals surface area contributed by atoms with Crippen LogP contribution < -0.4 is 10.1 Å². The summed E-state index contributed by atoms with van der Waals surface area (Å²) in [6.45, 7) is 6.60. The molecule has 0 aliphatic rings. The summed E-state index contributed by atoms with van der Waals surface area (Å²) in [6, 6.07) is 16.1. The van der Waals surface area contributed by atoms with Gasteiger partial charge in [-0.15, -0.1) is 0 Å². The van der Waals surface area contributed by atoms with Crippen molar-refractivity contribution in [1.29, 1.82) is 0 Å². The lowest BCUT2D eigenvalue weighted by Gasteiger charge is -2.20. The van der Waals surface area contributed by atoms with E-state index in [-0.39, 0.29) is 5.41 Å². The summed E-state index contributed by atoms with van der Waals surface area (Å²) >= 11 is 5.51. The highest BCUT2D eigenvalue weighted by Gasteiger charge is 2.14. The van der Waals surface area contributed by atoms with Crippen molar-refractivity contribution < 1.29 is 4.74 Å². The number of benzene rings is 2. The predicted molar refractivity (Wildman–Crippen MR) is 93.5 cm³/mol. The van der Waals surface area contributed by atoms with Gasteiger partial charge in [-0.2, -0.15) is 0 Å². The fraction of sp³-hybridized carbons (Fsp3) is 0.278. The monoisotopic (exact) mass is 299 g/mol. The maximum absolute atomic E-state index is 5.51. The molecule has 0 aromatic heterocycles. The molecule has 0 aliphatic heterocycles. The van der Waals surface area contributed by atoms with Crippen molar-refractivity contribution in [1.82, 2.24) is 0 Å². The molecule has 0 radical (unpaired) electrons. The van der Waals surface area contributed by atoms with Crippen LogP contribution in [0.2, 0.25) is 0 Å². The van der Waals surface area contributed by atoms with Crippen LogP contribution in [-0.4, -0.2) is 12.1 Å². The van der Waals surface area contributed by atoms with Crippen LogP contribution >= 0.6 is 12.2 Å². The van der Waals surface area contributed by atoms with Crippen LogP contribution in [0.4, 0.5) is 5.69 Å². The van der Waals surface area contributed by atoms with Crippen LogP contribution in [0.15, 0.2) is 48.5 Å². The van der Waals surface area contributed by atoms with Gasteiger partial charge in [-0.25, -0.2) is 0 Å². The summed E-state index contributed by atoms with van der Waals surface area (Å²) in [5.41, 5.74) is 3.34. The Labute approximate surface area is 132 Å². The third kappa shape index (κ3) is 4.05. The summed E-state index contributed by atoms with van der Waals surface area (Å²) < 4.78 is 5.22. The molecule has 3 heteroatoms. The molecule has 2 rings (SSSR count). The molecule has 0 bridgehead atoms. The third-order valence-electron chi connectivity index (χ3n) is 3.32. The number of methoxy groups -OCH3 is 1. The van der Waals surface area contributed by atoms with Gasteiger partial charge in [-0.1, -0.05) is 57.3 Å². The molecule has 0 aliphatic carbocycles. The highest BCUT2D eigenvalue weighted by Crippen LogP contribution is 2.24. The second kappa shape index (κ2) is 6.27. The Morgan fingerprint density at radius 1 is 1.05 bits per heavy atom. The van der Waals surface area contributed by atoms with Crippen molar-refractivity contribution >= 4 is 22.9 Å². The minimum absolute atomic E-state index is 0.113. The van der Waals surface area contributed by atoms with Gasteiger partial charge in [0, 0.05) is 17.3 Å².